The molecule has 26 heavy (non-hydrogen) atoms. The van der Waals surface area contributed by atoms with Crippen LogP contribution in [0.5, 0.6) is 0 Å². The van der Waals surface area contributed by atoms with Crippen LogP contribution in [0.25, 0.3) is 11.1 Å². The van der Waals surface area contributed by atoms with Crippen molar-refractivity contribution in [2.24, 2.45) is 7.05 Å². The molecule has 0 aliphatic carbocycles. The molecule has 2 aromatic carbocycles. The number of aryl methyl sites for hydroxylation is 1. The van der Waals surface area contributed by atoms with E-state index in [0.717, 1.165) is 11.1 Å². The van der Waals surface area contributed by atoms with Gasteiger partial charge in [-0.15, -0.1) is 0 Å². The number of sulfonamides is 1. The van der Waals surface area contributed by atoms with Crippen LogP contribution in [0.15, 0.2) is 72.1 Å². The molecule has 1 unspecified atom stereocenters. The van der Waals surface area contributed by atoms with Crippen molar-refractivity contribution in [3.8, 4) is 11.1 Å². The second-order valence-electron chi connectivity index (χ2n) is 6.42. The van der Waals surface area contributed by atoms with E-state index in [0.29, 0.717) is 5.56 Å². The minimum atomic E-state index is -3.77. The van der Waals surface area contributed by atoms with Crippen LogP contribution in [-0.2, 0) is 22.7 Å². The molecule has 3 aromatic rings. The third kappa shape index (κ3) is 4.01. The third-order valence-corrected chi connectivity index (χ3v) is 5.46. The first-order chi connectivity index (χ1) is 12.3. The molecule has 0 amide bonds. The van der Waals surface area contributed by atoms with Gasteiger partial charge in [0.25, 0.3) is 10.0 Å². The molecule has 136 valence electrons. The van der Waals surface area contributed by atoms with Gasteiger partial charge in [0.15, 0.2) is 5.03 Å². The van der Waals surface area contributed by atoms with Crippen molar-refractivity contribution < 1.29 is 13.5 Å². The third-order valence-electron chi connectivity index (χ3n) is 4.18. The molecule has 0 aliphatic heterocycles. The van der Waals surface area contributed by atoms with E-state index in [2.05, 4.69) is 9.71 Å². The highest BCUT2D eigenvalue weighted by Crippen LogP contribution is 2.25. The maximum Gasteiger partial charge on any atom is 0.259 e. The Morgan fingerprint density at radius 2 is 1.69 bits per heavy atom. The van der Waals surface area contributed by atoms with Crippen LogP contribution in [0.4, 0.5) is 0 Å². The first kappa shape index (κ1) is 18.3. The van der Waals surface area contributed by atoms with Gasteiger partial charge in [-0.25, -0.2) is 18.1 Å². The van der Waals surface area contributed by atoms with Gasteiger partial charge >= 0.3 is 0 Å². The number of nitrogens with one attached hydrogen (secondary N) is 1. The molecule has 0 fully saturated rings. The van der Waals surface area contributed by atoms with Crippen molar-refractivity contribution in [2.75, 3.05) is 6.54 Å². The number of rotatable bonds is 6. The van der Waals surface area contributed by atoms with Crippen LogP contribution in [0.2, 0.25) is 0 Å². The Balaban J connectivity index is 1.74. The fraction of sp³-hybridized carbons (Fsp3) is 0.211. The lowest BCUT2D eigenvalue weighted by Crippen LogP contribution is -2.38. The average Bonchev–Trinajstić information content (AvgIpc) is 3.09. The van der Waals surface area contributed by atoms with E-state index >= 15 is 0 Å². The summed E-state index contributed by atoms with van der Waals surface area (Å²) in [5.74, 6) is 0. The van der Waals surface area contributed by atoms with Crippen molar-refractivity contribution in [1.29, 1.82) is 0 Å². The molecule has 2 N–H and O–H groups in total. The van der Waals surface area contributed by atoms with E-state index in [4.69, 9.17) is 0 Å². The molecule has 6 nitrogen and oxygen atoms in total. The maximum absolute atomic E-state index is 12.3. The molecule has 0 aliphatic rings. The fourth-order valence-electron chi connectivity index (χ4n) is 2.59. The van der Waals surface area contributed by atoms with Crippen molar-refractivity contribution >= 4 is 10.0 Å². The molecule has 0 radical (unpaired) electrons. The Morgan fingerprint density at radius 3 is 2.27 bits per heavy atom. The monoisotopic (exact) mass is 371 g/mol. The van der Waals surface area contributed by atoms with E-state index in [-0.39, 0.29) is 11.6 Å². The van der Waals surface area contributed by atoms with Crippen molar-refractivity contribution in [3.63, 3.8) is 0 Å². The highest BCUT2D eigenvalue weighted by atomic mass is 32.2. The molecular formula is C19H21N3O3S. The van der Waals surface area contributed by atoms with Crippen LogP contribution in [0.3, 0.4) is 0 Å². The number of nitrogens with zero attached hydrogens (tertiary/aromatic N) is 2. The van der Waals surface area contributed by atoms with Crippen molar-refractivity contribution in [1.82, 2.24) is 14.3 Å². The van der Waals surface area contributed by atoms with Crippen LogP contribution in [0, 0.1) is 0 Å². The SMILES string of the molecule is Cn1cnc(S(=O)(=O)NCC(C)(O)c2ccc(-c3ccccc3)cc2)c1. The number of aliphatic hydroxyl groups is 1. The lowest BCUT2D eigenvalue weighted by molar-refractivity contribution is 0.0627. The molecular weight excluding hydrogens is 350 g/mol. The van der Waals surface area contributed by atoms with Gasteiger partial charge in [0.05, 0.1) is 6.33 Å². The first-order valence-electron chi connectivity index (χ1n) is 8.14. The second-order valence-corrected chi connectivity index (χ2v) is 8.13. The quantitative estimate of drug-likeness (QED) is 0.696. The second kappa shape index (κ2) is 7.03. The van der Waals surface area contributed by atoms with E-state index in [1.54, 1.807) is 30.7 Å². The number of benzene rings is 2. The summed E-state index contributed by atoms with van der Waals surface area (Å²) in [6, 6.07) is 17.3. The van der Waals surface area contributed by atoms with E-state index in [9.17, 15) is 13.5 Å². The zero-order valence-corrected chi connectivity index (χ0v) is 15.4. The van der Waals surface area contributed by atoms with E-state index in [1.807, 2.05) is 42.5 Å². The highest BCUT2D eigenvalue weighted by Gasteiger charge is 2.27. The Kier molecular flexibility index (Phi) is 4.95. The van der Waals surface area contributed by atoms with Crippen LogP contribution in [-0.4, -0.2) is 29.6 Å². The van der Waals surface area contributed by atoms with Gasteiger partial charge in [-0.2, -0.15) is 0 Å². The largest absolute Gasteiger partial charge is 0.384 e. The molecule has 0 bridgehead atoms. The Labute approximate surface area is 153 Å². The van der Waals surface area contributed by atoms with Gasteiger partial charge < -0.3 is 9.67 Å². The van der Waals surface area contributed by atoms with Gasteiger partial charge in [0.2, 0.25) is 0 Å². The van der Waals surface area contributed by atoms with Crippen molar-refractivity contribution in [2.45, 2.75) is 17.6 Å². The zero-order valence-electron chi connectivity index (χ0n) is 14.6. The standard InChI is InChI=1S/C19H21N3O3S/c1-19(23,13-21-26(24,25)18-12-22(2)14-20-18)17-10-8-16(9-11-17)15-6-4-3-5-7-15/h3-12,14,21,23H,13H2,1-2H3. The van der Waals surface area contributed by atoms with Crippen LogP contribution in [0.1, 0.15) is 12.5 Å². The molecule has 0 saturated carbocycles. The van der Waals surface area contributed by atoms with Gasteiger partial charge in [-0.3, -0.25) is 0 Å². The zero-order chi connectivity index (χ0) is 18.8. The highest BCUT2D eigenvalue weighted by molar-refractivity contribution is 7.89. The molecule has 1 heterocycles. The molecule has 0 saturated heterocycles. The van der Waals surface area contributed by atoms with Crippen LogP contribution < -0.4 is 4.72 Å². The number of hydrogen-bond acceptors (Lipinski definition) is 4. The summed E-state index contributed by atoms with van der Waals surface area (Å²) in [5.41, 5.74) is 1.38. The van der Waals surface area contributed by atoms with Crippen molar-refractivity contribution in [3.05, 3.63) is 72.7 Å². The van der Waals surface area contributed by atoms with Gasteiger partial charge in [0, 0.05) is 19.8 Å². The number of imidazole rings is 1. The van der Waals surface area contributed by atoms with Gasteiger partial charge in [-0.1, -0.05) is 54.6 Å². The van der Waals surface area contributed by atoms with Gasteiger partial charge in [-0.05, 0) is 23.6 Å². The summed E-state index contributed by atoms with van der Waals surface area (Å²) < 4.78 is 28.5. The smallest absolute Gasteiger partial charge is 0.259 e. The topological polar surface area (TPSA) is 84.2 Å². The summed E-state index contributed by atoms with van der Waals surface area (Å²) in [6.07, 6.45) is 2.82. The summed E-state index contributed by atoms with van der Waals surface area (Å²) >= 11 is 0. The number of hydrogen-bond donors (Lipinski definition) is 2. The van der Waals surface area contributed by atoms with E-state index in [1.165, 1.54) is 12.5 Å². The normalized spacial score (nSPS) is 14.1. The fourth-order valence-corrected chi connectivity index (χ4v) is 3.70. The minimum absolute atomic E-state index is 0.0739. The molecule has 7 heteroatoms. The van der Waals surface area contributed by atoms with E-state index < -0.39 is 15.6 Å². The molecule has 1 aromatic heterocycles. The Morgan fingerprint density at radius 1 is 1.08 bits per heavy atom. The maximum atomic E-state index is 12.3. The molecule has 0 spiro atoms. The summed E-state index contributed by atoms with van der Waals surface area (Å²) in [5, 5.41) is 10.6. The Hall–Kier alpha value is -2.48. The lowest BCUT2D eigenvalue weighted by Gasteiger charge is -2.24. The summed E-state index contributed by atoms with van der Waals surface area (Å²) in [7, 11) is -2.08. The average molecular weight is 371 g/mol. The first-order valence-corrected chi connectivity index (χ1v) is 9.62. The predicted molar refractivity (Wildman–Crippen MR) is 99.8 cm³/mol. The lowest BCUT2D eigenvalue weighted by atomic mass is 9.94. The summed E-state index contributed by atoms with van der Waals surface area (Å²) in [4.78, 5) is 3.84. The predicted octanol–water partition coefficient (Wildman–Crippen LogP) is 2.27. The Bertz CT molecular complexity index is 978. The molecule has 3 rings (SSSR count). The van der Waals surface area contributed by atoms with Gasteiger partial charge in [0.1, 0.15) is 5.60 Å². The molecule has 1 atom stereocenters. The minimum Gasteiger partial charge on any atom is -0.384 e. The summed E-state index contributed by atoms with van der Waals surface area (Å²) in [6.45, 7) is 1.42. The number of aromatic nitrogens is 2. The van der Waals surface area contributed by atoms with Crippen LogP contribution >= 0.6 is 0 Å².